The summed E-state index contributed by atoms with van der Waals surface area (Å²) in [4.78, 5) is 0. The number of aromatic nitrogens is 1. The van der Waals surface area contributed by atoms with Crippen LogP contribution >= 0.6 is 0 Å². The fourth-order valence-electron chi connectivity index (χ4n) is 11.9. The molecular weight excluding hydrogens is 757 g/mol. The van der Waals surface area contributed by atoms with Gasteiger partial charge in [-0.15, -0.1) is 0 Å². The molecule has 0 radical (unpaired) electrons. The van der Waals surface area contributed by atoms with Crippen LogP contribution in [0.4, 0.5) is 0 Å². The molecule has 14 rings (SSSR count). The molecule has 0 N–H and O–H groups in total. The van der Waals surface area contributed by atoms with Gasteiger partial charge in [0.2, 0.25) is 0 Å². The summed E-state index contributed by atoms with van der Waals surface area (Å²) in [6.45, 7) is 13.7. The Morgan fingerprint density at radius 2 is 1.02 bits per heavy atom. The van der Waals surface area contributed by atoms with Crippen molar-refractivity contribution in [3.8, 4) is 40.0 Å². The van der Waals surface area contributed by atoms with Gasteiger partial charge in [-0.1, -0.05) is 126 Å². The fraction of sp³-hybridized carbons (Fsp3) is 0.158. The summed E-state index contributed by atoms with van der Waals surface area (Å²) >= 11 is 0. The molecule has 3 aliphatic heterocycles. The topological polar surface area (TPSA) is 36.5 Å². The Bertz CT molecular complexity index is 3540. The van der Waals surface area contributed by atoms with E-state index in [1.807, 2.05) is 12.3 Å². The third-order valence-electron chi connectivity index (χ3n) is 14.7. The highest BCUT2D eigenvalue weighted by Crippen LogP contribution is 2.60. The quantitative estimate of drug-likeness (QED) is 0.129. The van der Waals surface area contributed by atoms with E-state index in [0.29, 0.717) is 0 Å². The van der Waals surface area contributed by atoms with Crippen LogP contribution in [0.25, 0.3) is 60.4 Å². The summed E-state index contributed by atoms with van der Waals surface area (Å²) < 4.78 is 23.0. The third-order valence-corrected chi connectivity index (χ3v) is 14.7. The Balaban J connectivity index is 1.06. The molecular formula is C57H42BNO3. The van der Waals surface area contributed by atoms with Crippen molar-refractivity contribution < 1.29 is 13.9 Å². The number of nitrogens with zero attached hydrogens (tertiary/aromatic N) is 1. The van der Waals surface area contributed by atoms with Crippen LogP contribution in [0.2, 0.25) is 0 Å². The van der Waals surface area contributed by atoms with Crippen LogP contribution in [0.15, 0.2) is 150 Å². The fourth-order valence-corrected chi connectivity index (χ4v) is 11.9. The highest BCUT2D eigenvalue weighted by atomic mass is 16.5. The van der Waals surface area contributed by atoms with Crippen LogP contribution in [0.3, 0.4) is 0 Å². The largest absolute Gasteiger partial charge is 0.462 e. The summed E-state index contributed by atoms with van der Waals surface area (Å²) in [5.41, 5.74) is 15.0. The van der Waals surface area contributed by atoms with Gasteiger partial charge >= 0.3 is 0 Å². The number of hydrogen-bond acceptors (Lipinski definition) is 3. The van der Waals surface area contributed by atoms with Crippen LogP contribution < -0.4 is 25.9 Å². The van der Waals surface area contributed by atoms with Crippen molar-refractivity contribution in [3.05, 3.63) is 179 Å². The molecule has 8 aromatic carbocycles. The van der Waals surface area contributed by atoms with Gasteiger partial charge in [0.15, 0.2) is 0 Å². The molecule has 5 heteroatoms. The number of hydrogen-bond donors (Lipinski definition) is 0. The lowest BCUT2D eigenvalue weighted by Gasteiger charge is -2.47. The molecule has 0 unspecified atom stereocenters. The van der Waals surface area contributed by atoms with E-state index < -0.39 is 5.41 Å². The van der Waals surface area contributed by atoms with Crippen molar-refractivity contribution in [1.29, 1.82) is 0 Å². The molecule has 10 aromatic rings. The molecule has 4 nitrogen and oxygen atoms in total. The number of fused-ring (bicyclic) bond motifs is 7. The smallest absolute Gasteiger partial charge is 0.261 e. The van der Waals surface area contributed by atoms with Crippen molar-refractivity contribution in [2.24, 2.45) is 0 Å². The Labute approximate surface area is 360 Å². The lowest BCUT2D eigenvalue weighted by Crippen LogP contribution is -2.65. The standard InChI is InChI=1S/C57H42BNO3/c1-55(2,3)33-22-25-42-37(27-33)38-28-34(56(4,5)6)23-26-43(38)59(42)35-29-48(60-30-35)36-24-21-32-20-19-31-11-7-12-39-49(31)50(32)51(36)57(39)40-13-8-15-44-52(40)58-53-41(57)14-9-16-45(53)62-47-18-10-17-46(61-44)54(47)58/h7-30H,1-6H3. The van der Waals surface area contributed by atoms with E-state index in [-0.39, 0.29) is 17.5 Å². The monoisotopic (exact) mass is 799 g/mol. The number of benzene rings is 8. The van der Waals surface area contributed by atoms with E-state index in [1.54, 1.807) is 0 Å². The molecule has 296 valence electrons. The number of furan rings is 1. The van der Waals surface area contributed by atoms with E-state index in [1.165, 1.54) is 87.7 Å². The van der Waals surface area contributed by atoms with Gasteiger partial charge in [-0.25, -0.2) is 0 Å². The van der Waals surface area contributed by atoms with Gasteiger partial charge in [0, 0.05) is 27.9 Å². The molecule has 0 bridgehead atoms. The minimum absolute atomic E-state index is 0.0135. The normalized spacial score (nSPS) is 15.0. The minimum atomic E-state index is -0.686. The van der Waals surface area contributed by atoms with E-state index in [2.05, 4.69) is 180 Å². The molecule has 1 aliphatic carbocycles. The second kappa shape index (κ2) is 11.3. The van der Waals surface area contributed by atoms with Crippen molar-refractivity contribution in [3.63, 3.8) is 0 Å². The average Bonchev–Trinajstić information content (AvgIpc) is 3.96. The molecule has 4 aliphatic rings. The summed E-state index contributed by atoms with van der Waals surface area (Å²) in [5.74, 6) is 4.39. The van der Waals surface area contributed by atoms with Crippen LogP contribution in [-0.4, -0.2) is 11.3 Å². The lowest BCUT2D eigenvalue weighted by molar-refractivity contribution is 0.461. The van der Waals surface area contributed by atoms with E-state index >= 15 is 0 Å². The van der Waals surface area contributed by atoms with E-state index in [9.17, 15) is 0 Å². The maximum Gasteiger partial charge on any atom is 0.261 e. The van der Waals surface area contributed by atoms with Crippen LogP contribution in [-0.2, 0) is 16.2 Å². The number of rotatable bonds is 2. The van der Waals surface area contributed by atoms with Crippen molar-refractivity contribution in [2.45, 2.75) is 57.8 Å². The molecule has 0 amide bonds. The first-order valence-corrected chi connectivity index (χ1v) is 21.9. The summed E-state index contributed by atoms with van der Waals surface area (Å²) in [6.07, 6.45) is 1.96. The summed E-state index contributed by atoms with van der Waals surface area (Å²) in [6, 6.07) is 51.9. The Kier molecular flexibility index (Phi) is 6.32. The van der Waals surface area contributed by atoms with Crippen LogP contribution in [0, 0.1) is 0 Å². The zero-order valence-electron chi connectivity index (χ0n) is 35.6. The molecule has 0 atom stereocenters. The van der Waals surface area contributed by atoms with Gasteiger partial charge < -0.3 is 18.5 Å². The van der Waals surface area contributed by atoms with Gasteiger partial charge in [-0.3, -0.25) is 0 Å². The van der Waals surface area contributed by atoms with Gasteiger partial charge in [-0.05, 0) is 125 Å². The summed E-state index contributed by atoms with van der Waals surface area (Å²) in [5, 5.41) is 7.54. The lowest BCUT2D eigenvalue weighted by atomic mass is 9.29. The minimum Gasteiger partial charge on any atom is -0.462 e. The van der Waals surface area contributed by atoms with Gasteiger partial charge in [0.1, 0.15) is 35.0 Å². The predicted molar refractivity (Wildman–Crippen MR) is 254 cm³/mol. The van der Waals surface area contributed by atoms with Crippen molar-refractivity contribution >= 4 is 66.5 Å². The average molecular weight is 800 g/mol. The molecule has 62 heavy (non-hydrogen) atoms. The molecule has 5 heterocycles. The van der Waals surface area contributed by atoms with E-state index in [0.717, 1.165) is 45.5 Å². The van der Waals surface area contributed by atoms with Gasteiger partial charge in [0.25, 0.3) is 6.71 Å². The first-order valence-electron chi connectivity index (χ1n) is 21.9. The van der Waals surface area contributed by atoms with Crippen molar-refractivity contribution in [1.82, 2.24) is 4.57 Å². The Morgan fingerprint density at radius 3 is 1.61 bits per heavy atom. The molecule has 2 aromatic heterocycles. The second-order valence-electron chi connectivity index (χ2n) is 20.0. The maximum atomic E-state index is 6.92. The van der Waals surface area contributed by atoms with Crippen LogP contribution in [0.1, 0.15) is 74.9 Å². The Morgan fingerprint density at radius 1 is 0.500 bits per heavy atom. The maximum absolute atomic E-state index is 6.92. The highest BCUT2D eigenvalue weighted by Gasteiger charge is 2.57. The van der Waals surface area contributed by atoms with E-state index in [4.69, 9.17) is 13.9 Å². The first-order chi connectivity index (χ1) is 30.0. The molecule has 0 fully saturated rings. The van der Waals surface area contributed by atoms with Gasteiger partial charge in [-0.2, -0.15) is 0 Å². The highest BCUT2D eigenvalue weighted by molar-refractivity contribution is 6.99. The van der Waals surface area contributed by atoms with Crippen LogP contribution in [0.5, 0.6) is 23.0 Å². The predicted octanol–water partition coefficient (Wildman–Crippen LogP) is 12.7. The SMILES string of the molecule is CC(C)(C)c1ccc2c(c1)c1cc(C(C)(C)C)ccc1n2-c1coc(-c2ccc3ccc4cccc5c4c3c2C52c3cccc4c3B3c5c(cccc5Oc5cccc2c53)O4)c1. The molecule has 1 spiro atoms. The van der Waals surface area contributed by atoms with Crippen molar-refractivity contribution in [2.75, 3.05) is 0 Å². The Hall–Kier alpha value is -6.98. The summed E-state index contributed by atoms with van der Waals surface area (Å²) in [7, 11) is 0. The zero-order valence-corrected chi connectivity index (χ0v) is 35.6. The molecule has 0 saturated heterocycles. The zero-order chi connectivity index (χ0) is 41.6. The third kappa shape index (κ3) is 4.15. The molecule has 0 saturated carbocycles. The second-order valence-corrected chi connectivity index (χ2v) is 20.0. The van der Waals surface area contributed by atoms with Gasteiger partial charge in [0.05, 0.1) is 22.1 Å². The first kappa shape index (κ1) is 34.7. The number of ether oxygens (including phenoxy) is 2.